The summed E-state index contributed by atoms with van der Waals surface area (Å²) in [5, 5.41) is 0. The first kappa shape index (κ1) is 15.8. The van der Waals surface area contributed by atoms with Gasteiger partial charge in [0.25, 0.3) is 5.91 Å². The van der Waals surface area contributed by atoms with Crippen LogP contribution in [0.5, 0.6) is 0 Å². The Labute approximate surface area is 149 Å². The summed E-state index contributed by atoms with van der Waals surface area (Å²) < 4.78 is 5.75. The Bertz CT molecular complexity index is 640. The number of morpholine rings is 1. The number of fused-ring (bicyclic) bond motifs is 2. The van der Waals surface area contributed by atoms with Gasteiger partial charge in [0.05, 0.1) is 24.8 Å². The maximum Gasteiger partial charge on any atom is 0.253 e. The van der Waals surface area contributed by atoms with Gasteiger partial charge >= 0.3 is 0 Å². The second kappa shape index (κ2) is 6.08. The number of hydrogen-bond acceptors (Lipinski definition) is 4. The van der Waals surface area contributed by atoms with Gasteiger partial charge in [0.1, 0.15) is 0 Å². The average molecular weight is 341 g/mol. The molecule has 25 heavy (non-hydrogen) atoms. The van der Waals surface area contributed by atoms with Gasteiger partial charge in [0.2, 0.25) is 0 Å². The smallest absolute Gasteiger partial charge is 0.253 e. The summed E-state index contributed by atoms with van der Waals surface area (Å²) in [6, 6.07) is 10.9. The molecule has 3 heterocycles. The number of nitrogens with zero attached hydrogens (tertiary/aromatic N) is 3. The second-order valence-electron chi connectivity index (χ2n) is 8.19. The van der Waals surface area contributed by atoms with Crippen LogP contribution in [0, 0.1) is 0 Å². The fourth-order valence-corrected chi connectivity index (χ4v) is 5.12. The van der Waals surface area contributed by atoms with Gasteiger partial charge in [0, 0.05) is 44.3 Å². The third-order valence-electron chi connectivity index (χ3n) is 6.65. The van der Waals surface area contributed by atoms with E-state index >= 15 is 0 Å². The van der Waals surface area contributed by atoms with Crippen molar-refractivity contribution in [2.24, 2.45) is 0 Å². The molecule has 1 amide bonds. The maximum absolute atomic E-state index is 13.0. The van der Waals surface area contributed by atoms with Gasteiger partial charge in [-0.15, -0.1) is 0 Å². The number of ether oxygens (including phenoxy) is 1. The average Bonchev–Trinajstić information content (AvgIpc) is 2.59. The molecule has 5 heteroatoms. The predicted octanol–water partition coefficient (Wildman–Crippen LogP) is 1.45. The van der Waals surface area contributed by atoms with Crippen LogP contribution in [0.1, 0.15) is 29.6 Å². The summed E-state index contributed by atoms with van der Waals surface area (Å²) in [6.07, 6.45) is 4.09. The monoisotopic (exact) mass is 341 g/mol. The number of hydrogen-bond donors (Lipinski definition) is 0. The molecular weight excluding hydrogens is 314 g/mol. The molecule has 0 aromatic heterocycles. The van der Waals surface area contributed by atoms with Crippen molar-refractivity contribution in [3.63, 3.8) is 0 Å². The lowest BCUT2D eigenvalue weighted by Crippen LogP contribution is -2.82. The van der Waals surface area contributed by atoms with Crippen molar-refractivity contribution in [2.75, 3.05) is 45.9 Å². The zero-order valence-electron chi connectivity index (χ0n) is 14.8. The summed E-state index contributed by atoms with van der Waals surface area (Å²) in [5.41, 5.74) is 0.949. The number of amides is 1. The first-order valence-electron chi connectivity index (χ1n) is 9.68. The van der Waals surface area contributed by atoms with E-state index in [0.717, 1.165) is 57.5 Å². The Morgan fingerprint density at radius 1 is 1.08 bits per heavy atom. The number of carbonyl (C=O) groups excluding carboxylic acids is 1. The zero-order chi connectivity index (χ0) is 16.9. The number of carbonyl (C=O) groups is 1. The van der Waals surface area contributed by atoms with Crippen molar-refractivity contribution < 1.29 is 9.53 Å². The molecule has 134 valence electrons. The van der Waals surface area contributed by atoms with Crippen molar-refractivity contribution in [2.45, 2.75) is 36.9 Å². The van der Waals surface area contributed by atoms with E-state index in [1.54, 1.807) is 0 Å². The standard InChI is InChI=1S/C20H27N3O2/c24-19(16-5-2-1-3-6-16)21-11-18-12-25-10-9-23(18)20(13-21)14-22(15-20)17-7-4-8-17/h1-3,5-6,17-18H,4,7-15H2. The van der Waals surface area contributed by atoms with Crippen LogP contribution < -0.4 is 0 Å². The molecule has 1 atom stereocenters. The Balaban J connectivity index is 1.37. The van der Waals surface area contributed by atoms with Crippen LogP contribution in [-0.2, 0) is 4.74 Å². The molecular formula is C20H27N3O2. The molecule has 5 nitrogen and oxygen atoms in total. The summed E-state index contributed by atoms with van der Waals surface area (Å²) in [6.45, 7) is 6.48. The molecule has 0 N–H and O–H groups in total. The Morgan fingerprint density at radius 3 is 2.60 bits per heavy atom. The largest absolute Gasteiger partial charge is 0.378 e. The number of piperazine rings is 1. The summed E-state index contributed by atoms with van der Waals surface area (Å²) in [7, 11) is 0. The number of benzene rings is 1. The molecule has 1 aromatic rings. The van der Waals surface area contributed by atoms with Crippen LogP contribution in [0.15, 0.2) is 30.3 Å². The lowest BCUT2D eigenvalue weighted by molar-refractivity contribution is -0.171. The highest BCUT2D eigenvalue weighted by molar-refractivity contribution is 5.94. The van der Waals surface area contributed by atoms with Crippen LogP contribution >= 0.6 is 0 Å². The molecule has 1 aliphatic carbocycles. The van der Waals surface area contributed by atoms with Crippen LogP contribution in [0.3, 0.4) is 0 Å². The van der Waals surface area contributed by atoms with Gasteiger partial charge in [-0.1, -0.05) is 24.6 Å². The molecule has 1 aromatic carbocycles. The van der Waals surface area contributed by atoms with Gasteiger partial charge in [-0.3, -0.25) is 14.6 Å². The van der Waals surface area contributed by atoms with Crippen LogP contribution in [-0.4, -0.2) is 84.2 Å². The minimum Gasteiger partial charge on any atom is -0.378 e. The van der Waals surface area contributed by atoms with Crippen LogP contribution in [0.4, 0.5) is 0 Å². The predicted molar refractivity (Wildman–Crippen MR) is 95.6 cm³/mol. The van der Waals surface area contributed by atoms with E-state index in [1.807, 2.05) is 30.3 Å². The van der Waals surface area contributed by atoms with Gasteiger partial charge < -0.3 is 9.64 Å². The normalized spacial score (nSPS) is 29.8. The van der Waals surface area contributed by atoms with Crippen molar-refractivity contribution in [3.05, 3.63) is 35.9 Å². The van der Waals surface area contributed by atoms with Gasteiger partial charge in [-0.05, 0) is 25.0 Å². The lowest BCUT2D eigenvalue weighted by Gasteiger charge is -2.65. The van der Waals surface area contributed by atoms with Crippen molar-refractivity contribution in [1.29, 1.82) is 0 Å². The Morgan fingerprint density at radius 2 is 1.88 bits per heavy atom. The summed E-state index contributed by atoms with van der Waals surface area (Å²) >= 11 is 0. The van der Waals surface area contributed by atoms with E-state index in [2.05, 4.69) is 14.7 Å². The van der Waals surface area contributed by atoms with Gasteiger partial charge in [-0.2, -0.15) is 0 Å². The highest BCUT2D eigenvalue weighted by Gasteiger charge is 2.56. The van der Waals surface area contributed by atoms with Crippen LogP contribution in [0.25, 0.3) is 0 Å². The third kappa shape index (κ3) is 2.60. The SMILES string of the molecule is O=C(c1ccccc1)N1CC2COCCN2C2(C1)CN(C1CCC1)C2. The van der Waals surface area contributed by atoms with E-state index in [9.17, 15) is 4.79 Å². The number of rotatable bonds is 2. The van der Waals surface area contributed by atoms with Crippen molar-refractivity contribution >= 4 is 5.91 Å². The summed E-state index contributed by atoms with van der Waals surface area (Å²) in [5.74, 6) is 0.173. The van der Waals surface area contributed by atoms with Gasteiger partial charge in [-0.25, -0.2) is 0 Å². The first-order chi connectivity index (χ1) is 12.3. The first-order valence-corrected chi connectivity index (χ1v) is 9.68. The lowest BCUT2D eigenvalue weighted by atomic mass is 9.78. The van der Waals surface area contributed by atoms with E-state index in [0.29, 0.717) is 6.04 Å². The maximum atomic E-state index is 13.0. The topological polar surface area (TPSA) is 36.0 Å². The molecule has 0 bridgehead atoms. The zero-order valence-corrected chi connectivity index (χ0v) is 14.8. The van der Waals surface area contributed by atoms with E-state index in [-0.39, 0.29) is 11.4 Å². The minimum absolute atomic E-state index is 0.146. The quantitative estimate of drug-likeness (QED) is 0.816. The molecule has 1 spiro atoms. The molecule has 0 radical (unpaired) electrons. The Kier molecular flexibility index (Phi) is 3.84. The molecule has 5 rings (SSSR count). The number of likely N-dealkylation sites (tertiary alicyclic amines) is 1. The molecule has 3 saturated heterocycles. The van der Waals surface area contributed by atoms with Crippen molar-refractivity contribution in [3.8, 4) is 0 Å². The fraction of sp³-hybridized carbons (Fsp3) is 0.650. The van der Waals surface area contributed by atoms with E-state index in [1.165, 1.54) is 19.3 Å². The van der Waals surface area contributed by atoms with Gasteiger partial charge in [0.15, 0.2) is 0 Å². The summed E-state index contributed by atoms with van der Waals surface area (Å²) in [4.78, 5) is 20.4. The Hall–Kier alpha value is -1.43. The van der Waals surface area contributed by atoms with E-state index < -0.39 is 0 Å². The molecule has 4 fully saturated rings. The highest BCUT2D eigenvalue weighted by atomic mass is 16.5. The fourth-order valence-electron chi connectivity index (χ4n) is 5.12. The molecule has 1 saturated carbocycles. The van der Waals surface area contributed by atoms with E-state index in [4.69, 9.17) is 4.74 Å². The third-order valence-corrected chi connectivity index (χ3v) is 6.65. The molecule has 3 aliphatic heterocycles. The molecule has 4 aliphatic rings. The van der Waals surface area contributed by atoms with Crippen molar-refractivity contribution in [1.82, 2.24) is 14.7 Å². The highest BCUT2D eigenvalue weighted by Crippen LogP contribution is 2.40. The minimum atomic E-state index is 0.146. The van der Waals surface area contributed by atoms with Crippen LogP contribution in [0.2, 0.25) is 0 Å². The second-order valence-corrected chi connectivity index (χ2v) is 8.19. The molecule has 1 unspecified atom stereocenters.